The molecule has 4 heteroatoms. The van der Waals surface area contributed by atoms with Gasteiger partial charge in [0.2, 0.25) is 0 Å². The zero-order valence-electron chi connectivity index (χ0n) is 12.2. The van der Waals surface area contributed by atoms with Crippen molar-refractivity contribution in [3.8, 4) is 5.75 Å². The molecular formula is C16H23NO3. The zero-order valence-corrected chi connectivity index (χ0v) is 12.2. The molecule has 4 nitrogen and oxygen atoms in total. The van der Waals surface area contributed by atoms with Crippen molar-refractivity contribution in [2.45, 2.75) is 51.6 Å². The second-order valence-corrected chi connectivity index (χ2v) is 5.72. The average Bonchev–Trinajstić information content (AvgIpc) is 2.41. The number of carbonyl (C=O) groups is 1. The highest BCUT2D eigenvalue weighted by atomic mass is 16.4. The molecule has 2 N–H and O–H groups in total. The molecule has 110 valence electrons. The summed E-state index contributed by atoms with van der Waals surface area (Å²) >= 11 is 0. The molecule has 1 aliphatic rings. The Morgan fingerprint density at radius 1 is 1.45 bits per heavy atom. The summed E-state index contributed by atoms with van der Waals surface area (Å²) in [5.74, 6) is -0.453. The third-order valence-corrected chi connectivity index (χ3v) is 4.21. The topological polar surface area (TPSA) is 60.8 Å². The van der Waals surface area contributed by atoms with Crippen LogP contribution >= 0.6 is 0 Å². The Hall–Kier alpha value is -1.55. The van der Waals surface area contributed by atoms with Gasteiger partial charge in [-0.2, -0.15) is 0 Å². The monoisotopic (exact) mass is 277 g/mol. The molecule has 1 aromatic rings. The summed E-state index contributed by atoms with van der Waals surface area (Å²) in [5, 5.41) is 19.1. The number of carboxylic acid groups (broad SMARTS) is 1. The molecule has 2 unspecified atom stereocenters. The van der Waals surface area contributed by atoms with Crippen LogP contribution in [0, 0.1) is 6.92 Å². The number of phenols is 1. The van der Waals surface area contributed by atoms with Crippen LogP contribution in [-0.2, 0) is 4.79 Å². The Bertz CT molecular complexity index is 487. The van der Waals surface area contributed by atoms with Gasteiger partial charge in [0, 0.05) is 17.6 Å². The van der Waals surface area contributed by atoms with Gasteiger partial charge in [-0.05, 0) is 39.3 Å². The first-order valence-electron chi connectivity index (χ1n) is 7.26. The first-order chi connectivity index (χ1) is 9.49. The number of hydrogen-bond donors (Lipinski definition) is 2. The van der Waals surface area contributed by atoms with Crippen LogP contribution in [0.2, 0.25) is 0 Å². The standard InChI is InChI=1S/C16H23NO3/c1-11-6-7-15(18)14(9-11)12(2)17-8-4-3-5-13(17)10-16(19)20/h6-7,9,12-13,18H,3-5,8,10H2,1-2H3,(H,19,20). The van der Waals surface area contributed by atoms with Crippen LogP contribution in [0.1, 0.15) is 49.8 Å². The molecule has 0 aromatic heterocycles. The normalized spacial score (nSPS) is 21.6. The van der Waals surface area contributed by atoms with E-state index in [2.05, 4.69) is 11.8 Å². The van der Waals surface area contributed by atoms with E-state index < -0.39 is 5.97 Å². The maximum atomic E-state index is 11.0. The number of phenolic OH excluding ortho intramolecular Hbond substituents is 1. The lowest BCUT2D eigenvalue weighted by Gasteiger charge is -2.39. The number of piperidine rings is 1. The van der Waals surface area contributed by atoms with Crippen LogP contribution in [0.5, 0.6) is 5.75 Å². The van der Waals surface area contributed by atoms with E-state index in [-0.39, 0.29) is 18.5 Å². The number of aliphatic carboxylic acids is 1. The van der Waals surface area contributed by atoms with Gasteiger partial charge in [0.1, 0.15) is 5.75 Å². The fraction of sp³-hybridized carbons (Fsp3) is 0.562. The molecule has 20 heavy (non-hydrogen) atoms. The van der Waals surface area contributed by atoms with Crippen LogP contribution in [0.15, 0.2) is 18.2 Å². The molecule has 1 heterocycles. The summed E-state index contributed by atoms with van der Waals surface area (Å²) in [4.78, 5) is 13.2. The molecule has 0 aliphatic carbocycles. The fourth-order valence-electron chi connectivity index (χ4n) is 3.14. The highest BCUT2D eigenvalue weighted by Gasteiger charge is 2.29. The molecule has 0 spiro atoms. The van der Waals surface area contributed by atoms with Gasteiger partial charge < -0.3 is 10.2 Å². The van der Waals surface area contributed by atoms with Crippen molar-refractivity contribution in [3.63, 3.8) is 0 Å². The van der Waals surface area contributed by atoms with Crippen LogP contribution in [0.25, 0.3) is 0 Å². The molecule has 0 radical (unpaired) electrons. The number of aryl methyl sites for hydroxylation is 1. The van der Waals surface area contributed by atoms with Crippen molar-refractivity contribution >= 4 is 5.97 Å². The van der Waals surface area contributed by atoms with Gasteiger partial charge >= 0.3 is 5.97 Å². The second kappa shape index (κ2) is 6.27. The van der Waals surface area contributed by atoms with Crippen molar-refractivity contribution in [3.05, 3.63) is 29.3 Å². The summed E-state index contributed by atoms with van der Waals surface area (Å²) in [6.07, 6.45) is 3.27. The Balaban J connectivity index is 2.22. The number of carboxylic acids is 1. The molecule has 2 rings (SSSR count). The van der Waals surface area contributed by atoms with E-state index in [9.17, 15) is 9.90 Å². The summed E-state index contributed by atoms with van der Waals surface area (Å²) in [5.41, 5.74) is 2.00. The third kappa shape index (κ3) is 3.31. The summed E-state index contributed by atoms with van der Waals surface area (Å²) in [6.45, 7) is 4.95. The lowest BCUT2D eigenvalue weighted by Crippen LogP contribution is -2.42. The molecule has 0 amide bonds. The van der Waals surface area contributed by atoms with Gasteiger partial charge in [0.05, 0.1) is 6.42 Å². The fourth-order valence-corrected chi connectivity index (χ4v) is 3.14. The molecule has 1 saturated heterocycles. The summed E-state index contributed by atoms with van der Waals surface area (Å²) in [6, 6.07) is 5.70. The minimum absolute atomic E-state index is 0.0412. The molecular weight excluding hydrogens is 254 g/mol. The molecule has 1 aromatic carbocycles. The zero-order chi connectivity index (χ0) is 14.7. The van der Waals surface area contributed by atoms with Gasteiger partial charge in [-0.3, -0.25) is 9.69 Å². The highest BCUT2D eigenvalue weighted by Crippen LogP contribution is 2.34. The molecule has 0 saturated carbocycles. The lowest BCUT2D eigenvalue weighted by molar-refractivity contribution is -0.139. The molecule has 0 bridgehead atoms. The van der Waals surface area contributed by atoms with Crippen molar-refractivity contribution < 1.29 is 15.0 Å². The van der Waals surface area contributed by atoms with Crippen molar-refractivity contribution in [1.29, 1.82) is 0 Å². The Morgan fingerprint density at radius 3 is 2.90 bits per heavy atom. The van der Waals surface area contributed by atoms with Gasteiger partial charge in [-0.25, -0.2) is 0 Å². The smallest absolute Gasteiger partial charge is 0.304 e. The number of nitrogens with zero attached hydrogens (tertiary/aromatic N) is 1. The van der Waals surface area contributed by atoms with E-state index in [1.165, 1.54) is 0 Å². The van der Waals surface area contributed by atoms with Gasteiger partial charge in [0.15, 0.2) is 0 Å². The van der Waals surface area contributed by atoms with E-state index in [0.717, 1.165) is 36.9 Å². The van der Waals surface area contributed by atoms with Crippen LogP contribution in [0.4, 0.5) is 0 Å². The lowest BCUT2D eigenvalue weighted by atomic mass is 9.94. The molecule has 1 aliphatic heterocycles. The number of aromatic hydroxyl groups is 1. The van der Waals surface area contributed by atoms with Gasteiger partial charge in [-0.1, -0.05) is 24.1 Å². The van der Waals surface area contributed by atoms with Crippen LogP contribution in [-0.4, -0.2) is 33.7 Å². The Morgan fingerprint density at radius 2 is 2.20 bits per heavy atom. The molecule has 2 atom stereocenters. The Labute approximate surface area is 120 Å². The van der Waals surface area contributed by atoms with Gasteiger partial charge in [0.25, 0.3) is 0 Å². The van der Waals surface area contributed by atoms with Crippen molar-refractivity contribution in [2.24, 2.45) is 0 Å². The third-order valence-electron chi connectivity index (χ3n) is 4.21. The van der Waals surface area contributed by atoms with Gasteiger partial charge in [-0.15, -0.1) is 0 Å². The van der Waals surface area contributed by atoms with E-state index in [0.29, 0.717) is 5.75 Å². The van der Waals surface area contributed by atoms with E-state index >= 15 is 0 Å². The maximum Gasteiger partial charge on any atom is 0.304 e. The van der Waals surface area contributed by atoms with E-state index in [4.69, 9.17) is 5.11 Å². The minimum atomic E-state index is -0.748. The van der Waals surface area contributed by atoms with Crippen molar-refractivity contribution in [1.82, 2.24) is 4.90 Å². The quantitative estimate of drug-likeness (QED) is 0.888. The Kier molecular flexibility index (Phi) is 4.65. The summed E-state index contributed by atoms with van der Waals surface area (Å²) < 4.78 is 0. The second-order valence-electron chi connectivity index (χ2n) is 5.72. The van der Waals surface area contributed by atoms with Crippen LogP contribution < -0.4 is 0 Å². The van der Waals surface area contributed by atoms with Crippen molar-refractivity contribution in [2.75, 3.05) is 6.54 Å². The number of likely N-dealkylation sites (tertiary alicyclic amines) is 1. The number of rotatable bonds is 4. The van der Waals surface area contributed by atoms with Crippen LogP contribution in [0.3, 0.4) is 0 Å². The summed E-state index contributed by atoms with van der Waals surface area (Å²) in [7, 11) is 0. The van der Waals surface area contributed by atoms with E-state index in [1.54, 1.807) is 6.07 Å². The minimum Gasteiger partial charge on any atom is -0.508 e. The predicted octanol–water partition coefficient (Wildman–Crippen LogP) is 3.09. The maximum absolute atomic E-state index is 11.0. The van der Waals surface area contributed by atoms with E-state index in [1.807, 2.05) is 19.1 Å². The number of benzene rings is 1. The highest BCUT2D eigenvalue weighted by molar-refractivity contribution is 5.67. The first-order valence-corrected chi connectivity index (χ1v) is 7.26. The molecule has 1 fully saturated rings. The largest absolute Gasteiger partial charge is 0.508 e. The first kappa shape index (κ1) is 14.9. The SMILES string of the molecule is Cc1ccc(O)c(C(C)N2CCCCC2CC(=O)O)c1. The predicted molar refractivity (Wildman–Crippen MR) is 77.9 cm³/mol. The average molecular weight is 277 g/mol. The number of hydrogen-bond acceptors (Lipinski definition) is 3.